The highest BCUT2D eigenvalue weighted by molar-refractivity contribution is 5.96. The Morgan fingerprint density at radius 1 is 1.00 bits per heavy atom. The number of nitrogens with zero attached hydrogens (tertiary/aromatic N) is 6. The molecule has 2 aromatic heterocycles. The van der Waals surface area contributed by atoms with Crippen molar-refractivity contribution in [2.45, 2.75) is 33.4 Å². The molecule has 6 rings (SSSR count). The zero-order chi connectivity index (χ0) is 28.5. The molecular weight excluding hydrogens is 510 g/mol. The summed E-state index contributed by atoms with van der Waals surface area (Å²) in [7, 11) is 0. The van der Waals surface area contributed by atoms with Crippen LogP contribution in [0.4, 0.5) is 11.5 Å². The van der Waals surface area contributed by atoms with Crippen LogP contribution in [0, 0.1) is 25.2 Å². The third kappa shape index (κ3) is 5.25. The monoisotopic (exact) mass is 547 g/mol. The number of pyridine rings is 1. The van der Waals surface area contributed by atoms with Crippen molar-refractivity contribution in [3.05, 3.63) is 88.7 Å². The number of fused-ring (bicyclic) bond motifs is 1. The normalized spacial score (nSPS) is 18.1. The van der Waals surface area contributed by atoms with E-state index in [-0.39, 0.29) is 11.9 Å². The van der Waals surface area contributed by atoms with Gasteiger partial charge in [-0.25, -0.2) is 4.98 Å². The highest BCUT2D eigenvalue weighted by atomic mass is 16.2. The zero-order valence-corrected chi connectivity index (χ0v) is 24.1. The van der Waals surface area contributed by atoms with E-state index >= 15 is 0 Å². The predicted octanol–water partition coefficient (Wildman–Crippen LogP) is 4.72. The van der Waals surface area contributed by atoms with Crippen LogP contribution in [-0.4, -0.2) is 77.5 Å². The number of para-hydroxylation sites is 1. The molecule has 2 aliphatic heterocycles. The summed E-state index contributed by atoms with van der Waals surface area (Å²) in [5, 5.41) is 10.7. The van der Waals surface area contributed by atoms with E-state index in [1.807, 2.05) is 54.5 Å². The fraction of sp³-hybridized carbons (Fsp3) is 0.364. The summed E-state index contributed by atoms with van der Waals surface area (Å²) in [6, 6.07) is 18.6. The Labute approximate surface area is 241 Å². The number of hydrogen-bond acceptors (Lipinski definition) is 6. The van der Waals surface area contributed by atoms with Gasteiger partial charge in [0.2, 0.25) is 0 Å². The Balaban J connectivity index is 1.13. The maximum absolute atomic E-state index is 13.9. The van der Waals surface area contributed by atoms with Crippen LogP contribution in [-0.2, 0) is 6.54 Å². The molecule has 2 aliphatic rings. The molecule has 210 valence electrons. The van der Waals surface area contributed by atoms with Crippen molar-refractivity contribution in [3.8, 4) is 6.07 Å². The van der Waals surface area contributed by atoms with Gasteiger partial charge in [-0.2, -0.15) is 5.26 Å². The van der Waals surface area contributed by atoms with Crippen LogP contribution in [0.15, 0.2) is 60.9 Å². The lowest BCUT2D eigenvalue weighted by atomic mass is 9.97. The molecule has 2 saturated heterocycles. The highest BCUT2D eigenvalue weighted by Crippen LogP contribution is 2.27. The number of piperazine rings is 2. The number of benzene rings is 2. The smallest absolute Gasteiger partial charge is 0.254 e. The quantitative estimate of drug-likeness (QED) is 0.389. The second-order valence-corrected chi connectivity index (χ2v) is 11.4. The van der Waals surface area contributed by atoms with Crippen molar-refractivity contribution >= 4 is 28.3 Å². The number of H-pyrrole nitrogens is 1. The number of aromatic nitrogens is 2. The molecule has 0 bridgehead atoms. The molecule has 1 amide bonds. The Hall–Kier alpha value is -4.35. The number of aryl methyl sites for hydroxylation is 2. The molecule has 8 heteroatoms. The number of amides is 1. The largest absolute Gasteiger partial charge is 0.368 e. The van der Waals surface area contributed by atoms with Crippen molar-refractivity contribution in [2.24, 2.45) is 0 Å². The van der Waals surface area contributed by atoms with Gasteiger partial charge in [0.25, 0.3) is 5.91 Å². The van der Waals surface area contributed by atoms with Gasteiger partial charge in [0.05, 0.1) is 16.8 Å². The summed E-state index contributed by atoms with van der Waals surface area (Å²) in [6.07, 6.45) is 3.81. The fourth-order valence-corrected chi connectivity index (χ4v) is 6.34. The molecule has 4 aromatic rings. The van der Waals surface area contributed by atoms with Gasteiger partial charge < -0.3 is 19.7 Å². The minimum absolute atomic E-state index is 0.0665. The third-order valence-corrected chi connectivity index (χ3v) is 8.69. The second kappa shape index (κ2) is 11.3. The van der Waals surface area contributed by atoms with Crippen molar-refractivity contribution in [1.29, 1.82) is 5.26 Å². The van der Waals surface area contributed by atoms with E-state index in [0.29, 0.717) is 6.54 Å². The number of anilines is 2. The van der Waals surface area contributed by atoms with Gasteiger partial charge in [-0.05, 0) is 67.8 Å². The maximum atomic E-state index is 13.9. The average molecular weight is 548 g/mol. The molecule has 0 aliphatic carbocycles. The number of hydrogen-bond donors (Lipinski definition) is 1. The Morgan fingerprint density at radius 3 is 2.56 bits per heavy atom. The predicted molar refractivity (Wildman–Crippen MR) is 163 cm³/mol. The van der Waals surface area contributed by atoms with Crippen LogP contribution in [0.2, 0.25) is 0 Å². The van der Waals surface area contributed by atoms with Crippen molar-refractivity contribution < 1.29 is 4.79 Å². The summed E-state index contributed by atoms with van der Waals surface area (Å²) in [5.74, 6) is 1.07. The van der Waals surface area contributed by atoms with Crippen LogP contribution in [0.1, 0.15) is 39.5 Å². The zero-order valence-electron chi connectivity index (χ0n) is 24.1. The summed E-state index contributed by atoms with van der Waals surface area (Å²) >= 11 is 0. The standard InChI is InChI=1S/C33H37N7O/c1-23-18-24(2)29(19-28(23)22-37-12-14-38(15-13-37)30-7-5-4-6-27(30)20-34)33(41)40-17-16-39(21-25(40)3)32-31-26(8-10-35-31)9-11-36-32/h4-11,18-19,25,35H,12-17,21-22H2,1-3H3. The lowest BCUT2D eigenvalue weighted by Gasteiger charge is -2.41. The average Bonchev–Trinajstić information content (AvgIpc) is 3.48. The van der Waals surface area contributed by atoms with E-state index in [4.69, 9.17) is 0 Å². The third-order valence-electron chi connectivity index (χ3n) is 8.69. The first-order valence-electron chi connectivity index (χ1n) is 14.5. The van der Waals surface area contributed by atoms with E-state index in [2.05, 4.69) is 62.8 Å². The topological polar surface area (TPSA) is 82.5 Å². The van der Waals surface area contributed by atoms with Crippen molar-refractivity contribution in [1.82, 2.24) is 19.8 Å². The van der Waals surface area contributed by atoms with Gasteiger partial charge in [-0.15, -0.1) is 0 Å². The summed E-state index contributed by atoms with van der Waals surface area (Å²) in [4.78, 5) is 30.9. The minimum atomic E-state index is 0.0665. The van der Waals surface area contributed by atoms with E-state index in [1.165, 1.54) is 11.1 Å². The van der Waals surface area contributed by atoms with Crippen LogP contribution >= 0.6 is 0 Å². The van der Waals surface area contributed by atoms with Gasteiger partial charge in [0.1, 0.15) is 6.07 Å². The molecule has 41 heavy (non-hydrogen) atoms. The first-order valence-corrected chi connectivity index (χ1v) is 14.5. The fourth-order valence-electron chi connectivity index (χ4n) is 6.34. The molecule has 0 radical (unpaired) electrons. The van der Waals surface area contributed by atoms with Crippen LogP contribution in [0.25, 0.3) is 10.9 Å². The summed E-state index contributed by atoms with van der Waals surface area (Å²) in [5.41, 5.74) is 7.06. The number of carbonyl (C=O) groups excluding carboxylic acids is 1. The second-order valence-electron chi connectivity index (χ2n) is 11.4. The van der Waals surface area contributed by atoms with Crippen LogP contribution < -0.4 is 9.80 Å². The molecule has 2 fully saturated rings. The Kier molecular flexibility index (Phi) is 7.38. The summed E-state index contributed by atoms with van der Waals surface area (Å²) < 4.78 is 0. The van der Waals surface area contributed by atoms with E-state index in [9.17, 15) is 10.1 Å². The molecule has 1 N–H and O–H groups in total. The van der Waals surface area contributed by atoms with E-state index in [0.717, 1.165) is 84.9 Å². The minimum Gasteiger partial charge on any atom is -0.368 e. The van der Waals surface area contributed by atoms with Crippen LogP contribution in [0.3, 0.4) is 0 Å². The van der Waals surface area contributed by atoms with Gasteiger partial charge >= 0.3 is 0 Å². The van der Waals surface area contributed by atoms with Gasteiger partial charge in [0, 0.05) is 81.7 Å². The number of carbonyl (C=O) groups is 1. The lowest BCUT2D eigenvalue weighted by molar-refractivity contribution is 0.0673. The van der Waals surface area contributed by atoms with E-state index < -0.39 is 0 Å². The molecule has 4 heterocycles. The Bertz CT molecular complexity index is 1610. The number of rotatable bonds is 5. The van der Waals surface area contributed by atoms with E-state index in [1.54, 1.807) is 0 Å². The lowest BCUT2D eigenvalue weighted by Crippen LogP contribution is -2.54. The van der Waals surface area contributed by atoms with Gasteiger partial charge in [-0.1, -0.05) is 18.2 Å². The first kappa shape index (κ1) is 26.9. The number of nitriles is 1. The Morgan fingerprint density at radius 2 is 1.78 bits per heavy atom. The molecule has 2 aromatic carbocycles. The number of aromatic amines is 1. The maximum Gasteiger partial charge on any atom is 0.254 e. The van der Waals surface area contributed by atoms with Gasteiger partial charge in [0.15, 0.2) is 5.82 Å². The van der Waals surface area contributed by atoms with Crippen LogP contribution in [0.5, 0.6) is 0 Å². The summed E-state index contributed by atoms with van der Waals surface area (Å²) in [6.45, 7) is 12.9. The first-order chi connectivity index (χ1) is 19.9. The highest BCUT2D eigenvalue weighted by Gasteiger charge is 2.31. The van der Waals surface area contributed by atoms with Crippen molar-refractivity contribution in [2.75, 3.05) is 55.6 Å². The van der Waals surface area contributed by atoms with Gasteiger partial charge in [-0.3, -0.25) is 9.69 Å². The van der Waals surface area contributed by atoms with Crippen molar-refractivity contribution in [3.63, 3.8) is 0 Å². The molecule has 1 unspecified atom stereocenters. The molecule has 1 atom stereocenters. The molecule has 0 saturated carbocycles. The molecular formula is C33H37N7O. The SMILES string of the molecule is Cc1cc(C)c(C(=O)N2CCN(c3nccc4cc[nH]c34)CC2C)cc1CN1CCN(c2ccccc2C#N)CC1. The number of nitrogens with one attached hydrogen (secondary N) is 1. The molecule has 8 nitrogen and oxygen atoms in total. The molecule has 0 spiro atoms.